The molecule has 8 unspecified atom stereocenters. The molecule has 0 aromatic carbocycles. The topological polar surface area (TPSA) is 6.25 Å². The van der Waals surface area contributed by atoms with Gasteiger partial charge in [-0.05, 0) is 124 Å². The van der Waals surface area contributed by atoms with Gasteiger partial charge in [0.25, 0.3) is 0 Å². The summed E-state index contributed by atoms with van der Waals surface area (Å²) in [5.74, 6) is 6.37. The molecule has 0 bridgehead atoms. The van der Waals surface area contributed by atoms with Gasteiger partial charge in [0, 0.05) is 49.0 Å². The summed E-state index contributed by atoms with van der Waals surface area (Å²) in [5, 5.41) is 0. The van der Waals surface area contributed by atoms with Gasteiger partial charge in [0.1, 0.15) is 6.54 Å². The molecule has 8 rings (SSSR count). The third-order valence-electron chi connectivity index (χ3n) is 15.5. The Morgan fingerprint density at radius 1 is 0.646 bits per heavy atom. The minimum atomic E-state index is 0.788. The highest BCUT2D eigenvalue weighted by molar-refractivity contribution is 5.94. The van der Waals surface area contributed by atoms with Crippen LogP contribution in [0.15, 0.2) is 46.7 Å². The van der Waals surface area contributed by atoms with E-state index in [0.29, 0.717) is 0 Å². The SMILES string of the molecule is CCCCN1/C(=C/C=C2\CCCC(/C=C/C3=[N+](CCCC)C4CCCC5CCCC3C54)=C2C2CCCCC2)C2CCCC3CCCC1C32. The molecule has 0 radical (unpaired) electrons. The lowest BCUT2D eigenvalue weighted by atomic mass is 9.64. The van der Waals surface area contributed by atoms with E-state index in [9.17, 15) is 0 Å². The summed E-state index contributed by atoms with van der Waals surface area (Å²) in [6.45, 7) is 7.38. The Kier molecular flexibility index (Phi) is 10.7. The first-order valence-electron chi connectivity index (χ1n) is 22.0. The van der Waals surface area contributed by atoms with Crippen LogP contribution < -0.4 is 0 Å². The van der Waals surface area contributed by atoms with E-state index in [1.54, 1.807) is 22.6 Å². The summed E-state index contributed by atoms with van der Waals surface area (Å²) in [7, 11) is 0. The van der Waals surface area contributed by atoms with Crippen molar-refractivity contribution in [2.75, 3.05) is 13.1 Å². The molecular weight excluding hydrogens is 581 g/mol. The van der Waals surface area contributed by atoms with Gasteiger partial charge in [-0.2, -0.15) is 0 Å². The second kappa shape index (κ2) is 15.4. The van der Waals surface area contributed by atoms with Crippen molar-refractivity contribution in [3.05, 3.63) is 46.7 Å². The summed E-state index contributed by atoms with van der Waals surface area (Å²) >= 11 is 0. The Bertz CT molecular complexity index is 1280. The van der Waals surface area contributed by atoms with E-state index in [0.717, 1.165) is 53.5 Å². The summed E-state index contributed by atoms with van der Waals surface area (Å²) in [4.78, 5) is 2.99. The van der Waals surface area contributed by atoms with Gasteiger partial charge in [0.05, 0.1) is 5.92 Å². The Labute approximate surface area is 295 Å². The molecule has 0 spiro atoms. The number of likely N-dealkylation sites (tertiary alicyclic amines) is 1. The first-order chi connectivity index (χ1) is 23.8. The maximum Gasteiger partial charge on any atom is 0.179 e. The van der Waals surface area contributed by atoms with Crippen molar-refractivity contribution in [2.45, 2.75) is 180 Å². The average molecular weight is 652 g/mol. The van der Waals surface area contributed by atoms with Gasteiger partial charge in [-0.3, -0.25) is 0 Å². The maximum absolute atomic E-state index is 2.99. The van der Waals surface area contributed by atoms with Crippen LogP contribution in [0.25, 0.3) is 0 Å². The number of allylic oxidation sites excluding steroid dienone is 8. The predicted octanol–water partition coefficient (Wildman–Crippen LogP) is 12.0. The summed E-state index contributed by atoms with van der Waals surface area (Å²) in [6, 6.07) is 1.68. The van der Waals surface area contributed by atoms with Crippen molar-refractivity contribution in [2.24, 2.45) is 41.4 Å². The molecular formula is C46H71N2+. The van der Waals surface area contributed by atoms with Gasteiger partial charge < -0.3 is 4.90 Å². The molecule has 5 saturated carbocycles. The molecule has 2 heterocycles. The molecule has 0 N–H and O–H groups in total. The van der Waals surface area contributed by atoms with Crippen LogP contribution in [-0.4, -0.2) is 40.4 Å². The molecule has 6 fully saturated rings. The Balaban J connectivity index is 1.15. The molecule has 48 heavy (non-hydrogen) atoms. The summed E-state index contributed by atoms with van der Waals surface area (Å²) < 4.78 is 2.99. The van der Waals surface area contributed by atoms with Gasteiger partial charge in [0.15, 0.2) is 11.8 Å². The molecule has 8 aliphatic rings. The Hall–Kier alpha value is -1.57. The minimum Gasteiger partial charge on any atom is -0.371 e. The fraction of sp³-hybridized carbons (Fsp3) is 0.804. The minimum absolute atomic E-state index is 0.788. The first kappa shape index (κ1) is 33.6. The smallest absolute Gasteiger partial charge is 0.179 e. The quantitative estimate of drug-likeness (QED) is 0.213. The molecule has 2 heteroatoms. The van der Waals surface area contributed by atoms with Crippen LogP contribution in [0.4, 0.5) is 0 Å². The predicted molar refractivity (Wildman–Crippen MR) is 203 cm³/mol. The molecule has 0 aromatic rings. The van der Waals surface area contributed by atoms with Crippen molar-refractivity contribution < 1.29 is 4.58 Å². The largest absolute Gasteiger partial charge is 0.371 e. The molecule has 264 valence electrons. The van der Waals surface area contributed by atoms with Gasteiger partial charge >= 0.3 is 0 Å². The zero-order valence-electron chi connectivity index (χ0n) is 31.3. The highest BCUT2D eigenvalue weighted by Crippen LogP contribution is 2.55. The molecule has 2 nitrogen and oxygen atoms in total. The van der Waals surface area contributed by atoms with Crippen LogP contribution in [0, 0.1) is 41.4 Å². The van der Waals surface area contributed by atoms with Crippen molar-refractivity contribution in [1.29, 1.82) is 0 Å². The average Bonchev–Trinajstić information content (AvgIpc) is 3.61. The lowest BCUT2D eigenvalue weighted by Crippen LogP contribution is -2.40. The zero-order chi connectivity index (χ0) is 32.5. The van der Waals surface area contributed by atoms with E-state index in [2.05, 4.69) is 47.6 Å². The van der Waals surface area contributed by atoms with E-state index in [4.69, 9.17) is 0 Å². The molecule has 8 atom stereocenters. The number of hydrogen-bond donors (Lipinski definition) is 0. The standard InChI is InChI=1S/C46H71N2/c1-3-5-31-47-40(38-23-11-19-34-21-13-25-42(47)45(34)38)29-27-36-17-10-18-37(44(36)33-15-8-7-9-16-33)28-30-41-39-24-12-20-35-22-14-26-43(46(35)39)48(41)32-6-4-2/h27-30,33-35,38-39,42-43,45-46H,3-26,31-32H2,1-2H3/q+1. The third kappa shape index (κ3) is 6.40. The number of unbranched alkanes of at least 4 members (excludes halogenated alkanes) is 2. The van der Waals surface area contributed by atoms with Crippen LogP contribution in [0.1, 0.15) is 168 Å². The third-order valence-corrected chi connectivity index (χ3v) is 15.5. The zero-order valence-corrected chi connectivity index (χ0v) is 31.3. The van der Waals surface area contributed by atoms with Crippen LogP contribution in [0.5, 0.6) is 0 Å². The highest BCUT2D eigenvalue weighted by atomic mass is 15.2. The summed E-state index contributed by atoms with van der Waals surface area (Å²) in [6.07, 6.45) is 45.1. The van der Waals surface area contributed by atoms with Crippen molar-refractivity contribution in [1.82, 2.24) is 4.90 Å². The Morgan fingerprint density at radius 2 is 1.38 bits per heavy atom. The van der Waals surface area contributed by atoms with E-state index in [-0.39, 0.29) is 0 Å². The molecule has 1 saturated heterocycles. The molecule has 0 aromatic heterocycles. The fourth-order valence-corrected chi connectivity index (χ4v) is 13.5. The second-order valence-electron chi connectivity index (χ2n) is 18.0. The molecule has 6 aliphatic carbocycles. The molecule has 2 aliphatic heterocycles. The van der Waals surface area contributed by atoms with Crippen LogP contribution in [0.3, 0.4) is 0 Å². The summed E-state index contributed by atoms with van der Waals surface area (Å²) in [5.41, 5.74) is 8.84. The van der Waals surface area contributed by atoms with E-state index < -0.39 is 0 Å². The number of nitrogens with zero attached hydrogens (tertiary/aromatic N) is 2. The Morgan fingerprint density at radius 3 is 2.17 bits per heavy atom. The van der Waals surface area contributed by atoms with Gasteiger partial charge in [-0.15, -0.1) is 0 Å². The van der Waals surface area contributed by atoms with Gasteiger partial charge in [-0.1, -0.05) is 90.2 Å². The normalized spacial score (nSPS) is 38.8. The molecule has 0 amide bonds. The lowest BCUT2D eigenvalue weighted by Gasteiger charge is -2.41. The van der Waals surface area contributed by atoms with E-state index in [1.807, 2.05) is 5.57 Å². The van der Waals surface area contributed by atoms with Crippen LogP contribution >= 0.6 is 0 Å². The second-order valence-corrected chi connectivity index (χ2v) is 18.0. The number of hydrogen-bond acceptors (Lipinski definition) is 1. The first-order valence-corrected chi connectivity index (χ1v) is 22.0. The van der Waals surface area contributed by atoms with Crippen molar-refractivity contribution in [3.8, 4) is 0 Å². The van der Waals surface area contributed by atoms with Crippen molar-refractivity contribution in [3.63, 3.8) is 0 Å². The van der Waals surface area contributed by atoms with E-state index in [1.165, 1.54) is 167 Å². The fourth-order valence-electron chi connectivity index (χ4n) is 13.5. The van der Waals surface area contributed by atoms with Crippen LogP contribution in [0.2, 0.25) is 0 Å². The maximum atomic E-state index is 2.99. The van der Waals surface area contributed by atoms with Gasteiger partial charge in [0.2, 0.25) is 0 Å². The van der Waals surface area contributed by atoms with Gasteiger partial charge in [-0.25, -0.2) is 4.58 Å². The highest BCUT2D eigenvalue weighted by Gasteiger charge is 2.54. The van der Waals surface area contributed by atoms with Crippen LogP contribution in [-0.2, 0) is 0 Å². The monoisotopic (exact) mass is 652 g/mol. The lowest BCUT2D eigenvalue weighted by molar-refractivity contribution is -0.568. The van der Waals surface area contributed by atoms with E-state index >= 15 is 0 Å². The van der Waals surface area contributed by atoms with Crippen molar-refractivity contribution >= 4 is 5.71 Å². The number of rotatable bonds is 10.